The largest absolute Gasteiger partial charge is 0.393 e. The fourth-order valence-electron chi connectivity index (χ4n) is 2.23. The van der Waals surface area contributed by atoms with Crippen molar-refractivity contribution in [2.45, 2.75) is 31.8 Å². The molecule has 2 aliphatic rings. The van der Waals surface area contributed by atoms with Crippen molar-refractivity contribution in [1.82, 2.24) is 5.32 Å². The van der Waals surface area contributed by atoms with E-state index in [1.165, 1.54) is 19.3 Å². The van der Waals surface area contributed by atoms with Gasteiger partial charge >= 0.3 is 0 Å². The molecule has 0 spiro atoms. The first-order valence-corrected chi connectivity index (χ1v) is 7.58. The molecule has 0 heterocycles. The Morgan fingerprint density at radius 1 is 1.44 bits per heavy atom. The summed E-state index contributed by atoms with van der Waals surface area (Å²) in [5, 5.41) is 11.8. The number of hydrogen-bond acceptors (Lipinski definition) is 4. The van der Waals surface area contributed by atoms with Gasteiger partial charge in [-0.2, -0.15) is 12.2 Å². The lowest BCUT2D eigenvalue weighted by Crippen LogP contribution is -2.27. The average molecular weight is 266 g/mol. The average Bonchev–Trinajstić information content (AvgIpc) is 2.43. The number of nitrogens with two attached hydrogens (primary N) is 1. The van der Waals surface area contributed by atoms with E-state index in [-0.39, 0.29) is 18.6 Å². The predicted octanol–water partition coefficient (Wildman–Crippen LogP) is 0.565. The summed E-state index contributed by atoms with van der Waals surface area (Å²) in [6.45, 7) is 0.264. The van der Waals surface area contributed by atoms with E-state index in [1.54, 1.807) is 7.05 Å². The van der Waals surface area contributed by atoms with Gasteiger partial charge in [0.2, 0.25) is 5.91 Å². The molecule has 4 unspecified atom stereocenters. The van der Waals surface area contributed by atoms with Crippen LogP contribution in [-0.4, -0.2) is 30.7 Å². The van der Waals surface area contributed by atoms with Crippen molar-refractivity contribution >= 4 is 26.6 Å². The van der Waals surface area contributed by atoms with Crippen LogP contribution in [0, 0.1) is 11.8 Å². The summed E-state index contributed by atoms with van der Waals surface area (Å²) in [4.78, 5) is 9.76. The first-order chi connectivity index (χ1) is 7.65. The molecule has 96 valence electrons. The fourth-order valence-corrected chi connectivity index (χ4v) is 2.23. The number of amides is 1. The Hall–Kier alpha value is 0.170. The molecule has 0 saturated heterocycles. The molecule has 4 atom stereocenters. The number of fused-ring (bicyclic) bond motifs is 1. The first kappa shape index (κ1) is 16.2. The number of carbonyl (C=O) groups is 1. The monoisotopic (exact) mass is 266 g/mol. The SMILES string of the molecule is CNCC(N)=O.OC1CCC2CCC12.PS. The Balaban J connectivity index is 0.000000254. The van der Waals surface area contributed by atoms with Crippen molar-refractivity contribution in [3.63, 3.8) is 0 Å². The minimum atomic E-state index is -0.322. The van der Waals surface area contributed by atoms with Crippen LogP contribution < -0.4 is 11.1 Å². The second-order valence-corrected chi connectivity index (χ2v) is 4.14. The number of thiol groups is 1. The van der Waals surface area contributed by atoms with E-state index >= 15 is 0 Å². The van der Waals surface area contributed by atoms with Crippen LogP contribution in [0.4, 0.5) is 0 Å². The summed E-state index contributed by atoms with van der Waals surface area (Å²) >= 11 is 3.44. The summed E-state index contributed by atoms with van der Waals surface area (Å²) in [6, 6.07) is 0. The van der Waals surface area contributed by atoms with E-state index < -0.39 is 0 Å². The van der Waals surface area contributed by atoms with E-state index in [9.17, 15) is 9.90 Å². The number of nitrogens with one attached hydrogen (secondary N) is 1. The zero-order chi connectivity index (χ0) is 12.6. The van der Waals surface area contributed by atoms with E-state index in [1.807, 2.05) is 0 Å². The number of hydrogen-bond donors (Lipinski definition) is 4. The summed E-state index contributed by atoms with van der Waals surface area (Å²) in [7, 11) is 3.78. The van der Waals surface area contributed by atoms with Crippen LogP contribution in [0.5, 0.6) is 0 Å². The molecule has 2 fully saturated rings. The van der Waals surface area contributed by atoms with Crippen molar-refractivity contribution in [3.8, 4) is 0 Å². The molecular weight excluding hydrogens is 243 g/mol. The van der Waals surface area contributed by atoms with Crippen LogP contribution >= 0.6 is 20.7 Å². The highest BCUT2D eigenvalue weighted by Crippen LogP contribution is 2.46. The Labute approximate surface area is 105 Å². The quantitative estimate of drug-likeness (QED) is 0.436. The number of aliphatic hydroxyl groups excluding tert-OH is 1. The molecule has 1 amide bonds. The van der Waals surface area contributed by atoms with Gasteiger partial charge in [-0.25, -0.2) is 0 Å². The lowest BCUT2D eigenvalue weighted by Gasteiger charge is -2.31. The molecule has 0 aromatic rings. The number of likely N-dealkylation sites (N-methyl/N-ethyl adjacent to an activating group) is 1. The third-order valence-corrected chi connectivity index (χ3v) is 3.15. The van der Waals surface area contributed by atoms with Crippen LogP contribution in [0.15, 0.2) is 0 Å². The minimum absolute atomic E-state index is 0.0775. The van der Waals surface area contributed by atoms with Crippen LogP contribution in [0.25, 0.3) is 0 Å². The highest BCUT2D eigenvalue weighted by molar-refractivity contribution is 8.31. The molecule has 2 rings (SSSR count). The molecule has 0 aromatic carbocycles. The maximum Gasteiger partial charge on any atom is 0.231 e. The molecule has 4 N–H and O–H groups in total. The number of aliphatic hydroxyl groups is 1. The smallest absolute Gasteiger partial charge is 0.231 e. The predicted molar refractivity (Wildman–Crippen MR) is 73.3 cm³/mol. The van der Waals surface area contributed by atoms with Crippen molar-refractivity contribution in [2.24, 2.45) is 17.6 Å². The minimum Gasteiger partial charge on any atom is -0.393 e. The van der Waals surface area contributed by atoms with Crippen LogP contribution in [0.2, 0.25) is 0 Å². The van der Waals surface area contributed by atoms with E-state index in [0.29, 0.717) is 0 Å². The fraction of sp³-hybridized carbons (Fsp3) is 0.900. The summed E-state index contributed by atoms with van der Waals surface area (Å²) < 4.78 is 0. The number of rotatable bonds is 2. The Morgan fingerprint density at radius 2 is 2.00 bits per heavy atom. The van der Waals surface area contributed by atoms with Crippen molar-refractivity contribution in [1.29, 1.82) is 0 Å². The molecule has 4 nitrogen and oxygen atoms in total. The van der Waals surface area contributed by atoms with Crippen molar-refractivity contribution in [2.75, 3.05) is 13.6 Å². The highest BCUT2D eigenvalue weighted by atomic mass is 32.7. The van der Waals surface area contributed by atoms with Crippen molar-refractivity contribution < 1.29 is 9.90 Å². The summed E-state index contributed by atoms with van der Waals surface area (Å²) in [5.74, 6) is 1.32. The topological polar surface area (TPSA) is 75.3 Å². The van der Waals surface area contributed by atoms with Gasteiger partial charge in [-0.3, -0.25) is 4.79 Å². The normalized spacial score (nSPS) is 29.9. The lowest BCUT2D eigenvalue weighted by molar-refractivity contribution is -0.117. The third kappa shape index (κ3) is 5.48. The molecule has 0 bridgehead atoms. The molecule has 2 saturated carbocycles. The summed E-state index contributed by atoms with van der Waals surface area (Å²) in [5.41, 5.74) is 4.70. The Morgan fingerprint density at radius 3 is 2.12 bits per heavy atom. The second kappa shape index (κ2) is 9.23. The number of primary amides is 1. The second-order valence-electron chi connectivity index (χ2n) is 4.14. The molecule has 0 aromatic heterocycles. The number of carbonyl (C=O) groups excluding carboxylic acids is 1. The zero-order valence-corrected chi connectivity index (χ0v) is 11.8. The zero-order valence-electron chi connectivity index (χ0n) is 9.72. The lowest BCUT2D eigenvalue weighted by atomic mass is 9.76. The van der Waals surface area contributed by atoms with Crippen molar-refractivity contribution in [3.05, 3.63) is 0 Å². The van der Waals surface area contributed by atoms with Gasteiger partial charge in [0.1, 0.15) is 0 Å². The Bertz CT molecular complexity index is 201. The van der Waals surface area contributed by atoms with Gasteiger partial charge in [-0.05, 0) is 44.6 Å². The van der Waals surface area contributed by atoms with E-state index in [2.05, 4.69) is 26.0 Å². The van der Waals surface area contributed by atoms with E-state index in [0.717, 1.165) is 18.3 Å². The van der Waals surface area contributed by atoms with Crippen LogP contribution in [0.3, 0.4) is 0 Å². The Kier molecular flexibility index (Phi) is 9.32. The van der Waals surface area contributed by atoms with Gasteiger partial charge in [0.15, 0.2) is 0 Å². The summed E-state index contributed by atoms with van der Waals surface area (Å²) in [6.07, 6.45) is 5.14. The molecule has 16 heavy (non-hydrogen) atoms. The highest BCUT2D eigenvalue weighted by Gasteiger charge is 2.40. The van der Waals surface area contributed by atoms with Gasteiger partial charge in [0.25, 0.3) is 0 Å². The van der Waals surface area contributed by atoms with E-state index in [4.69, 9.17) is 5.73 Å². The third-order valence-electron chi connectivity index (χ3n) is 3.15. The van der Waals surface area contributed by atoms with Gasteiger partial charge in [0.05, 0.1) is 12.6 Å². The molecule has 0 radical (unpaired) electrons. The molecule has 6 heteroatoms. The molecule has 2 aliphatic carbocycles. The van der Waals surface area contributed by atoms with Gasteiger partial charge in [0, 0.05) is 0 Å². The van der Waals surface area contributed by atoms with Gasteiger partial charge in [-0.1, -0.05) is 8.44 Å². The van der Waals surface area contributed by atoms with Crippen LogP contribution in [0.1, 0.15) is 25.7 Å². The molecular formula is C10H23N2O2PS. The maximum atomic E-state index is 9.76. The van der Waals surface area contributed by atoms with Crippen LogP contribution in [-0.2, 0) is 4.79 Å². The maximum absolute atomic E-state index is 9.76. The van der Waals surface area contributed by atoms with Gasteiger partial charge < -0.3 is 16.2 Å². The molecule has 0 aliphatic heterocycles. The van der Waals surface area contributed by atoms with Gasteiger partial charge in [-0.15, -0.1) is 0 Å². The first-order valence-electron chi connectivity index (χ1n) is 5.52. The standard InChI is InChI=1S/C7H12O.C3H8N2O.H3PS/c8-7-4-2-5-1-3-6(5)7;1-5-2-3(4)6;1-2/h5-8H,1-4H2;5H,2H2,1H3,(H2,4,6);2H,1H2.